The Morgan fingerprint density at radius 1 is 1.30 bits per heavy atom. The van der Waals surface area contributed by atoms with Gasteiger partial charge in [0.1, 0.15) is 0 Å². The second-order valence-corrected chi connectivity index (χ2v) is 5.54. The van der Waals surface area contributed by atoms with Crippen molar-refractivity contribution in [2.24, 2.45) is 0 Å². The van der Waals surface area contributed by atoms with Crippen LogP contribution in [0.5, 0.6) is 0 Å². The average Bonchev–Trinajstić information content (AvgIpc) is 2.38. The number of hydrogen-bond acceptors (Lipinski definition) is 4. The van der Waals surface area contributed by atoms with E-state index in [0.29, 0.717) is 17.1 Å². The number of nitrogens with one attached hydrogen (secondary N) is 1. The molecule has 0 fully saturated rings. The molecule has 0 aliphatic heterocycles. The van der Waals surface area contributed by atoms with E-state index in [1.54, 1.807) is 12.1 Å². The molecule has 0 spiro atoms. The third-order valence-electron chi connectivity index (χ3n) is 2.66. The van der Waals surface area contributed by atoms with Crippen LogP contribution in [0.1, 0.15) is 11.3 Å². The Hall–Kier alpha value is -2.01. The number of pyridine rings is 1. The van der Waals surface area contributed by atoms with Gasteiger partial charge in [0, 0.05) is 5.69 Å². The SMILES string of the molecule is Cc1cc(C)nc(SCC(=O)Nc2ccccc2N)c1. The van der Waals surface area contributed by atoms with Gasteiger partial charge in [0.2, 0.25) is 5.91 Å². The molecule has 0 saturated carbocycles. The zero-order valence-corrected chi connectivity index (χ0v) is 12.3. The van der Waals surface area contributed by atoms with Gasteiger partial charge in [-0.15, -0.1) is 0 Å². The Balaban J connectivity index is 1.94. The number of carbonyl (C=O) groups is 1. The molecule has 3 N–H and O–H groups in total. The molecule has 1 amide bonds. The number of para-hydroxylation sites is 2. The first-order chi connectivity index (χ1) is 9.54. The second-order valence-electron chi connectivity index (χ2n) is 4.55. The van der Waals surface area contributed by atoms with Crippen molar-refractivity contribution in [3.05, 3.63) is 47.7 Å². The molecule has 104 valence electrons. The lowest BCUT2D eigenvalue weighted by molar-refractivity contribution is -0.113. The number of amides is 1. The number of anilines is 2. The van der Waals surface area contributed by atoms with E-state index in [4.69, 9.17) is 5.73 Å². The maximum absolute atomic E-state index is 11.9. The van der Waals surface area contributed by atoms with E-state index in [9.17, 15) is 4.79 Å². The third kappa shape index (κ3) is 3.99. The molecule has 20 heavy (non-hydrogen) atoms. The molecular weight excluding hydrogens is 270 g/mol. The Morgan fingerprint density at radius 2 is 2.05 bits per heavy atom. The summed E-state index contributed by atoms with van der Waals surface area (Å²) in [5, 5.41) is 3.66. The van der Waals surface area contributed by atoms with Crippen LogP contribution in [0.15, 0.2) is 41.4 Å². The zero-order valence-electron chi connectivity index (χ0n) is 11.5. The summed E-state index contributed by atoms with van der Waals surface area (Å²) in [4.78, 5) is 16.3. The summed E-state index contributed by atoms with van der Waals surface area (Å²) in [6, 6.07) is 11.2. The number of aromatic nitrogens is 1. The lowest BCUT2D eigenvalue weighted by Crippen LogP contribution is -2.15. The van der Waals surface area contributed by atoms with Gasteiger partial charge in [0.15, 0.2) is 0 Å². The molecule has 0 radical (unpaired) electrons. The highest BCUT2D eigenvalue weighted by atomic mass is 32.2. The van der Waals surface area contributed by atoms with E-state index < -0.39 is 0 Å². The maximum Gasteiger partial charge on any atom is 0.234 e. The summed E-state index contributed by atoms with van der Waals surface area (Å²) < 4.78 is 0. The van der Waals surface area contributed by atoms with Gasteiger partial charge in [-0.25, -0.2) is 4.98 Å². The molecule has 0 aliphatic carbocycles. The number of thioether (sulfide) groups is 1. The number of nitrogen functional groups attached to an aromatic ring is 1. The van der Waals surface area contributed by atoms with Crippen LogP contribution in [-0.4, -0.2) is 16.6 Å². The fourth-order valence-corrected chi connectivity index (χ4v) is 2.64. The summed E-state index contributed by atoms with van der Waals surface area (Å²) in [7, 11) is 0. The molecule has 4 nitrogen and oxygen atoms in total. The number of rotatable bonds is 4. The van der Waals surface area contributed by atoms with Gasteiger partial charge in [-0.1, -0.05) is 23.9 Å². The molecule has 5 heteroatoms. The first-order valence-corrected chi connectivity index (χ1v) is 7.25. The average molecular weight is 287 g/mol. The predicted molar refractivity (Wildman–Crippen MR) is 83.9 cm³/mol. The second kappa shape index (κ2) is 6.43. The van der Waals surface area contributed by atoms with Gasteiger partial charge in [-0.2, -0.15) is 0 Å². The quantitative estimate of drug-likeness (QED) is 0.670. The van der Waals surface area contributed by atoms with Crippen LogP contribution in [0.25, 0.3) is 0 Å². The molecule has 0 saturated heterocycles. The van der Waals surface area contributed by atoms with Crippen LogP contribution in [0.4, 0.5) is 11.4 Å². The number of hydrogen-bond donors (Lipinski definition) is 2. The van der Waals surface area contributed by atoms with E-state index >= 15 is 0 Å². The summed E-state index contributed by atoms with van der Waals surface area (Å²) in [6.45, 7) is 3.96. The standard InChI is InChI=1S/C15H17N3OS/c1-10-7-11(2)17-15(8-10)20-9-14(19)18-13-6-4-3-5-12(13)16/h3-8H,9,16H2,1-2H3,(H,18,19). The van der Waals surface area contributed by atoms with Crippen LogP contribution in [0.2, 0.25) is 0 Å². The highest BCUT2D eigenvalue weighted by Gasteiger charge is 2.07. The number of benzene rings is 1. The Labute approximate surface area is 122 Å². The molecule has 0 bridgehead atoms. The summed E-state index contributed by atoms with van der Waals surface area (Å²) in [6.07, 6.45) is 0. The number of nitrogens with zero attached hydrogens (tertiary/aromatic N) is 1. The summed E-state index contributed by atoms with van der Waals surface area (Å²) in [5.74, 6) is 0.221. The lowest BCUT2D eigenvalue weighted by Gasteiger charge is -2.08. The minimum atomic E-state index is -0.0890. The van der Waals surface area contributed by atoms with Crippen LogP contribution in [0, 0.1) is 13.8 Å². The highest BCUT2D eigenvalue weighted by molar-refractivity contribution is 7.99. The topological polar surface area (TPSA) is 68.0 Å². The Morgan fingerprint density at radius 3 is 2.75 bits per heavy atom. The number of aryl methyl sites for hydroxylation is 2. The van der Waals surface area contributed by atoms with Crippen LogP contribution in [-0.2, 0) is 4.79 Å². The molecular formula is C15H17N3OS. The van der Waals surface area contributed by atoms with Gasteiger partial charge < -0.3 is 11.1 Å². The first-order valence-electron chi connectivity index (χ1n) is 6.27. The fraction of sp³-hybridized carbons (Fsp3) is 0.200. The van der Waals surface area contributed by atoms with Crippen molar-refractivity contribution in [3.63, 3.8) is 0 Å². The molecule has 1 heterocycles. The van der Waals surface area contributed by atoms with Gasteiger partial charge in [-0.3, -0.25) is 4.79 Å². The minimum absolute atomic E-state index is 0.0890. The lowest BCUT2D eigenvalue weighted by atomic mass is 10.3. The van der Waals surface area contributed by atoms with Gasteiger partial charge >= 0.3 is 0 Å². The monoisotopic (exact) mass is 287 g/mol. The maximum atomic E-state index is 11.9. The molecule has 0 atom stereocenters. The van der Waals surface area contributed by atoms with E-state index in [2.05, 4.69) is 10.3 Å². The first kappa shape index (κ1) is 14.4. The van der Waals surface area contributed by atoms with Crippen molar-refractivity contribution < 1.29 is 4.79 Å². The zero-order chi connectivity index (χ0) is 14.5. The van der Waals surface area contributed by atoms with Crippen molar-refractivity contribution in [1.82, 2.24) is 4.98 Å². The minimum Gasteiger partial charge on any atom is -0.397 e. The van der Waals surface area contributed by atoms with E-state index in [1.165, 1.54) is 11.8 Å². The van der Waals surface area contributed by atoms with Crippen LogP contribution in [0.3, 0.4) is 0 Å². The summed E-state index contributed by atoms with van der Waals surface area (Å²) >= 11 is 1.42. The molecule has 2 rings (SSSR count). The summed E-state index contributed by atoms with van der Waals surface area (Å²) in [5.41, 5.74) is 9.10. The smallest absolute Gasteiger partial charge is 0.234 e. The van der Waals surface area contributed by atoms with Crippen molar-refractivity contribution in [3.8, 4) is 0 Å². The Kier molecular flexibility index (Phi) is 4.63. The van der Waals surface area contributed by atoms with E-state index in [1.807, 2.05) is 38.1 Å². The predicted octanol–water partition coefficient (Wildman–Crippen LogP) is 3.01. The molecule has 2 aromatic rings. The van der Waals surface area contributed by atoms with Crippen LogP contribution < -0.4 is 11.1 Å². The van der Waals surface area contributed by atoms with Crippen molar-refractivity contribution in [2.75, 3.05) is 16.8 Å². The molecule has 0 aliphatic rings. The van der Waals surface area contributed by atoms with Crippen molar-refractivity contribution >= 4 is 29.0 Å². The van der Waals surface area contributed by atoms with Crippen molar-refractivity contribution in [2.45, 2.75) is 18.9 Å². The Bertz CT molecular complexity index is 608. The highest BCUT2D eigenvalue weighted by Crippen LogP contribution is 2.20. The number of carbonyl (C=O) groups excluding carboxylic acids is 1. The normalized spacial score (nSPS) is 10.3. The van der Waals surface area contributed by atoms with Crippen molar-refractivity contribution in [1.29, 1.82) is 0 Å². The molecule has 1 aromatic carbocycles. The van der Waals surface area contributed by atoms with Gasteiger partial charge in [-0.05, 0) is 43.7 Å². The number of nitrogens with two attached hydrogens (primary N) is 1. The van der Waals surface area contributed by atoms with E-state index in [0.717, 1.165) is 16.3 Å². The molecule has 1 aromatic heterocycles. The van der Waals surface area contributed by atoms with Gasteiger partial charge in [0.05, 0.1) is 22.2 Å². The van der Waals surface area contributed by atoms with E-state index in [-0.39, 0.29) is 5.91 Å². The van der Waals surface area contributed by atoms with Gasteiger partial charge in [0.25, 0.3) is 0 Å². The largest absolute Gasteiger partial charge is 0.397 e. The third-order valence-corrected chi connectivity index (χ3v) is 3.57. The van der Waals surface area contributed by atoms with Crippen LogP contribution >= 0.6 is 11.8 Å². The fourth-order valence-electron chi connectivity index (χ4n) is 1.81. The molecule has 0 unspecified atom stereocenters.